The highest BCUT2D eigenvalue weighted by Gasteiger charge is 2.16. The number of nitrogens with zero attached hydrogens (tertiary/aromatic N) is 2. The SMILES string of the molecule is COc1cccc(N(C)C(=O)c2cccnc2Br)c1. The zero-order chi connectivity index (χ0) is 13.8. The number of halogens is 1. The van der Waals surface area contributed by atoms with Crippen LogP contribution < -0.4 is 9.64 Å². The van der Waals surface area contributed by atoms with E-state index in [0.717, 1.165) is 5.69 Å². The Morgan fingerprint density at radius 2 is 2.11 bits per heavy atom. The quantitative estimate of drug-likeness (QED) is 0.816. The van der Waals surface area contributed by atoms with E-state index in [1.165, 1.54) is 0 Å². The summed E-state index contributed by atoms with van der Waals surface area (Å²) in [6, 6.07) is 10.8. The van der Waals surface area contributed by atoms with Gasteiger partial charge < -0.3 is 9.64 Å². The van der Waals surface area contributed by atoms with Crippen molar-refractivity contribution in [3.63, 3.8) is 0 Å². The maximum Gasteiger partial charge on any atom is 0.260 e. The minimum atomic E-state index is -0.131. The Morgan fingerprint density at radius 3 is 2.79 bits per heavy atom. The lowest BCUT2D eigenvalue weighted by Gasteiger charge is -2.18. The molecule has 0 saturated heterocycles. The summed E-state index contributed by atoms with van der Waals surface area (Å²) >= 11 is 3.28. The Labute approximate surface area is 120 Å². The second kappa shape index (κ2) is 5.84. The number of carbonyl (C=O) groups is 1. The number of ether oxygens (including phenoxy) is 1. The van der Waals surface area contributed by atoms with Crippen molar-refractivity contribution < 1.29 is 9.53 Å². The second-order valence-corrected chi connectivity index (χ2v) is 4.66. The van der Waals surface area contributed by atoms with Gasteiger partial charge in [0, 0.05) is 25.0 Å². The maximum atomic E-state index is 12.4. The maximum absolute atomic E-state index is 12.4. The summed E-state index contributed by atoms with van der Waals surface area (Å²) < 4.78 is 5.69. The van der Waals surface area contributed by atoms with Gasteiger partial charge in [-0.1, -0.05) is 6.07 Å². The molecular weight excluding hydrogens is 308 g/mol. The summed E-state index contributed by atoms with van der Waals surface area (Å²) in [5, 5.41) is 0. The molecule has 1 amide bonds. The Kier molecular flexibility index (Phi) is 4.16. The molecule has 4 nitrogen and oxygen atoms in total. The van der Waals surface area contributed by atoms with Gasteiger partial charge in [0.25, 0.3) is 5.91 Å². The predicted molar refractivity (Wildman–Crippen MR) is 77.7 cm³/mol. The molecule has 0 spiro atoms. The summed E-state index contributed by atoms with van der Waals surface area (Å²) in [6.07, 6.45) is 1.63. The number of aromatic nitrogens is 1. The number of pyridine rings is 1. The molecule has 0 atom stereocenters. The van der Waals surface area contributed by atoms with Crippen LogP contribution in [-0.2, 0) is 0 Å². The molecule has 0 bridgehead atoms. The van der Waals surface area contributed by atoms with E-state index in [4.69, 9.17) is 4.74 Å². The second-order valence-electron chi connectivity index (χ2n) is 3.91. The van der Waals surface area contributed by atoms with Crippen molar-refractivity contribution in [2.24, 2.45) is 0 Å². The van der Waals surface area contributed by atoms with Crippen LogP contribution in [0.15, 0.2) is 47.2 Å². The predicted octanol–water partition coefficient (Wildman–Crippen LogP) is 3.13. The molecule has 2 aromatic rings. The molecule has 1 heterocycles. The van der Waals surface area contributed by atoms with Gasteiger partial charge in [0.15, 0.2) is 0 Å². The monoisotopic (exact) mass is 320 g/mol. The van der Waals surface area contributed by atoms with E-state index in [1.807, 2.05) is 24.3 Å². The zero-order valence-electron chi connectivity index (χ0n) is 10.6. The lowest BCUT2D eigenvalue weighted by molar-refractivity contribution is 0.0992. The minimum absolute atomic E-state index is 0.131. The van der Waals surface area contributed by atoms with Crippen molar-refractivity contribution in [2.75, 3.05) is 19.1 Å². The van der Waals surface area contributed by atoms with Crippen molar-refractivity contribution >= 4 is 27.5 Å². The largest absolute Gasteiger partial charge is 0.497 e. The van der Waals surface area contributed by atoms with Crippen LogP contribution in [0, 0.1) is 0 Å². The van der Waals surface area contributed by atoms with Crippen LogP contribution in [0.1, 0.15) is 10.4 Å². The molecule has 2 rings (SSSR count). The van der Waals surface area contributed by atoms with E-state index in [0.29, 0.717) is 15.9 Å². The van der Waals surface area contributed by atoms with Crippen LogP contribution in [0.5, 0.6) is 5.75 Å². The van der Waals surface area contributed by atoms with Gasteiger partial charge >= 0.3 is 0 Å². The summed E-state index contributed by atoms with van der Waals surface area (Å²) in [5.41, 5.74) is 1.29. The molecule has 0 saturated carbocycles. The van der Waals surface area contributed by atoms with Crippen LogP contribution in [-0.4, -0.2) is 25.0 Å². The van der Waals surface area contributed by atoms with Crippen LogP contribution >= 0.6 is 15.9 Å². The lowest BCUT2D eigenvalue weighted by Crippen LogP contribution is -2.26. The fraction of sp³-hybridized carbons (Fsp3) is 0.143. The normalized spacial score (nSPS) is 10.1. The average molecular weight is 321 g/mol. The van der Waals surface area contributed by atoms with Gasteiger partial charge in [-0.05, 0) is 40.2 Å². The fourth-order valence-electron chi connectivity index (χ4n) is 1.66. The first-order valence-electron chi connectivity index (χ1n) is 5.66. The van der Waals surface area contributed by atoms with Crippen molar-refractivity contribution in [3.05, 3.63) is 52.8 Å². The summed E-state index contributed by atoms with van der Waals surface area (Å²) in [6.45, 7) is 0. The van der Waals surface area contributed by atoms with Crippen molar-refractivity contribution in [3.8, 4) is 5.75 Å². The number of carbonyl (C=O) groups excluding carboxylic acids is 1. The third-order valence-corrected chi connectivity index (χ3v) is 3.37. The first-order valence-corrected chi connectivity index (χ1v) is 6.45. The molecule has 0 radical (unpaired) electrons. The number of benzene rings is 1. The molecule has 0 N–H and O–H groups in total. The number of hydrogen-bond acceptors (Lipinski definition) is 3. The van der Waals surface area contributed by atoms with Gasteiger partial charge in [-0.15, -0.1) is 0 Å². The molecule has 0 aliphatic heterocycles. The zero-order valence-corrected chi connectivity index (χ0v) is 12.2. The third-order valence-electron chi connectivity index (χ3n) is 2.73. The van der Waals surface area contributed by atoms with Crippen molar-refractivity contribution in [2.45, 2.75) is 0 Å². The smallest absolute Gasteiger partial charge is 0.260 e. The van der Waals surface area contributed by atoms with Gasteiger partial charge in [0.2, 0.25) is 0 Å². The molecule has 0 aliphatic carbocycles. The number of hydrogen-bond donors (Lipinski definition) is 0. The van der Waals surface area contributed by atoms with Crippen molar-refractivity contribution in [1.82, 2.24) is 4.98 Å². The Hall–Kier alpha value is -1.88. The molecular formula is C14H13BrN2O2. The minimum Gasteiger partial charge on any atom is -0.497 e. The molecule has 98 valence electrons. The van der Waals surface area contributed by atoms with Crippen LogP contribution in [0.4, 0.5) is 5.69 Å². The number of rotatable bonds is 3. The molecule has 19 heavy (non-hydrogen) atoms. The third kappa shape index (κ3) is 2.93. The highest BCUT2D eigenvalue weighted by atomic mass is 79.9. The van der Waals surface area contributed by atoms with E-state index >= 15 is 0 Å². The average Bonchev–Trinajstić information content (AvgIpc) is 2.46. The molecule has 1 aromatic heterocycles. The molecule has 0 fully saturated rings. The van der Waals surface area contributed by atoms with Crippen LogP contribution in [0.2, 0.25) is 0 Å². The molecule has 5 heteroatoms. The van der Waals surface area contributed by atoms with Gasteiger partial charge in [0.1, 0.15) is 10.4 Å². The van der Waals surface area contributed by atoms with Gasteiger partial charge in [0.05, 0.1) is 12.7 Å². The van der Waals surface area contributed by atoms with Gasteiger partial charge in [-0.2, -0.15) is 0 Å². The molecule has 0 aliphatic rings. The van der Waals surface area contributed by atoms with Gasteiger partial charge in [-0.3, -0.25) is 4.79 Å². The van der Waals surface area contributed by atoms with E-state index in [-0.39, 0.29) is 5.91 Å². The lowest BCUT2D eigenvalue weighted by atomic mass is 10.2. The van der Waals surface area contributed by atoms with Crippen molar-refractivity contribution in [1.29, 1.82) is 0 Å². The standard InChI is InChI=1S/C14H13BrN2O2/c1-17(10-5-3-6-11(9-10)19-2)14(18)12-7-4-8-16-13(12)15/h3-9H,1-2H3. The summed E-state index contributed by atoms with van der Waals surface area (Å²) in [7, 11) is 3.31. The summed E-state index contributed by atoms with van der Waals surface area (Å²) in [5.74, 6) is 0.579. The highest BCUT2D eigenvalue weighted by Crippen LogP contribution is 2.23. The van der Waals surface area contributed by atoms with E-state index in [9.17, 15) is 4.79 Å². The van der Waals surface area contributed by atoms with Crippen LogP contribution in [0.25, 0.3) is 0 Å². The Bertz CT molecular complexity index is 602. The van der Waals surface area contributed by atoms with Gasteiger partial charge in [-0.25, -0.2) is 4.98 Å². The van der Waals surface area contributed by atoms with E-state index in [1.54, 1.807) is 37.4 Å². The number of anilines is 1. The molecule has 0 unspecified atom stereocenters. The summed E-state index contributed by atoms with van der Waals surface area (Å²) in [4.78, 5) is 18.0. The van der Waals surface area contributed by atoms with E-state index in [2.05, 4.69) is 20.9 Å². The molecule has 1 aromatic carbocycles. The van der Waals surface area contributed by atoms with Crippen LogP contribution in [0.3, 0.4) is 0 Å². The Morgan fingerprint density at radius 1 is 1.32 bits per heavy atom. The fourth-order valence-corrected chi connectivity index (χ4v) is 2.08. The first-order chi connectivity index (χ1) is 9.13. The highest BCUT2D eigenvalue weighted by molar-refractivity contribution is 9.10. The van der Waals surface area contributed by atoms with E-state index < -0.39 is 0 Å². The topological polar surface area (TPSA) is 42.4 Å². The number of amides is 1. The first kappa shape index (κ1) is 13.5. The Balaban J connectivity index is 2.31. The number of methoxy groups -OCH3 is 1.